The molecule has 0 aromatic heterocycles. The molecule has 1 amide bonds. The van der Waals surface area contributed by atoms with Gasteiger partial charge in [-0.2, -0.15) is 5.26 Å². The van der Waals surface area contributed by atoms with Gasteiger partial charge in [-0.15, -0.1) is 0 Å². The molecule has 3 N–H and O–H groups in total. The lowest BCUT2D eigenvalue weighted by atomic mass is 9.78. The van der Waals surface area contributed by atoms with Crippen molar-refractivity contribution in [1.29, 1.82) is 5.26 Å². The minimum absolute atomic E-state index is 0.0249. The van der Waals surface area contributed by atoms with Crippen LogP contribution in [-0.4, -0.2) is 37.7 Å². The van der Waals surface area contributed by atoms with E-state index in [2.05, 4.69) is 5.32 Å². The van der Waals surface area contributed by atoms with Crippen molar-refractivity contribution in [2.75, 3.05) is 13.2 Å². The van der Waals surface area contributed by atoms with E-state index in [1.54, 1.807) is 12.1 Å². The molecule has 2 aromatic carbocycles. The lowest BCUT2D eigenvalue weighted by Gasteiger charge is -2.28. The van der Waals surface area contributed by atoms with E-state index in [1.807, 2.05) is 47.6 Å². The SMILES string of the molecule is CC(C)(C)c1cc(C(=CCC#N)S(=O)(=O)c2ccc(C(=O)NCCO)cc2)cc(C(C)(C)C)c1O. The number of hydrogen-bond acceptors (Lipinski definition) is 6. The van der Waals surface area contributed by atoms with Crippen LogP contribution >= 0.6 is 0 Å². The number of hydrogen-bond donors (Lipinski definition) is 3. The summed E-state index contributed by atoms with van der Waals surface area (Å²) in [5, 5.41) is 31.6. The maximum Gasteiger partial charge on any atom is 0.251 e. The number of carbonyl (C=O) groups is 1. The zero-order chi connectivity index (χ0) is 26.6. The minimum Gasteiger partial charge on any atom is -0.507 e. The van der Waals surface area contributed by atoms with Gasteiger partial charge in [-0.3, -0.25) is 4.79 Å². The molecule has 0 atom stereocenters. The minimum atomic E-state index is -4.07. The monoisotopic (exact) mass is 498 g/mol. The van der Waals surface area contributed by atoms with Crippen LogP contribution in [0.15, 0.2) is 47.4 Å². The first-order chi connectivity index (χ1) is 16.1. The van der Waals surface area contributed by atoms with Gasteiger partial charge in [0.25, 0.3) is 5.91 Å². The van der Waals surface area contributed by atoms with Gasteiger partial charge in [-0.1, -0.05) is 47.6 Å². The van der Waals surface area contributed by atoms with E-state index >= 15 is 0 Å². The Labute approximate surface area is 208 Å². The number of rotatable bonds is 7. The number of aromatic hydroxyl groups is 1. The van der Waals surface area contributed by atoms with Crippen molar-refractivity contribution < 1.29 is 23.4 Å². The van der Waals surface area contributed by atoms with Gasteiger partial charge in [-0.25, -0.2) is 8.42 Å². The van der Waals surface area contributed by atoms with Crippen LogP contribution in [0.2, 0.25) is 0 Å². The fraction of sp³-hybridized carbons (Fsp3) is 0.407. The molecule has 0 unspecified atom stereocenters. The molecule has 0 fully saturated rings. The number of aliphatic hydroxyl groups is 1. The number of phenols is 1. The van der Waals surface area contributed by atoms with Gasteiger partial charge in [-0.05, 0) is 52.8 Å². The number of sulfone groups is 1. The third-order valence-electron chi connectivity index (χ3n) is 5.50. The Kier molecular flexibility index (Phi) is 8.53. The van der Waals surface area contributed by atoms with Gasteiger partial charge in [0.2, 0.25) is 9.84 Å². The number of nitriles is 1. The van der Waals surface area contributed by atoms with Gasteiger partial charge in [0, 0.05) is 23.2 Å². The Bertz CT molecular complexity index is 1220. The number of nitrogens with zero attached hydrogens (tertiary/aromatic N) is 1. The van der Waals surface area contributed by atoms with E-state index in [0.717, 1.165) is 0 Å². The van der Waals surface area contributed by atoms with Crippen molar-refractivity contribution in [2.45, 2.75) is 63.7 Å². The van der Waals surface area contributed by atoms with Crippen LogP contribution in [0.5, 0.6) is 5.75 Å². The lowest BCUT2D eigenvalue weighted by molar-refractivity contribution is 0.0944. The number of carbonyl (C=O) groups excluding carboxylic acids is 1. The molecule has 0 saturated heterocycles. The Morgan fingerprint density at radius 3 is 1.94 bits per heavy atom. The normalized spacial score (nSPS) is 12.8. The van der Waals surface area contributed by atoms with Crippen LogP contribution in [0, 0.1) is 11.3 Å². The largest absolute Gasteiger partial charge is 0.507 e. The molecular formula is C27H34N2O5S. The lowest BCUT2D eigenvalue weighted by Crippen LogP contribution is -2.26. The highest BCUT2D eigenvalue weighted by atomic mass is 32.2. The van der Waals surface area contributed by atoms with Gasteiger partial charge in [0.1, 0.15) is 5.75 Å². The first-order valence-electron chi connectivity index (χ1n) is 11.3. The smallest absolute Gasteiger partial charge is 0.251 e. The standard InChI is InChI=1S/C27H34N2O5S/c1-26(2,3)21-16-19(17-22(24(21)31)27(4,5)6)23(8-7-13-28)35(33,34)20-11-9-18(10-12-20)25(32)29-14-15-30/h8-12,16-17,30-31H,7,14-15H2,1-6H3,(H,29,32). The van der Waals surface area contributed by atoms with E-state index in [0.29, 0.717) is 16.7 Å². The number of benzene rings is 2. The molecule has 7 nitrogen and oxygen atoms in total. The molecule has 2 rings (SSSR count). The Balaban J connectivity index is 2.71. The second-order valence-electron chi connectivity index (χ2n) is 10.4. The zero-order valence-corrected chi connectivity index (χ0v) is 22.0. The van der Waals surface area contributed by atoms with Crippen molar-refractivity contribution in [3.8, 4) is 11.8 Å². The highest BCUT2D eigenvalue weighted by Gasteiger charge is 2.30. The fourth-order valence-corrected chi connectivity index (χ4v) is 5.10. The molecule has 0 aliphatic heterocycles. The second-order valence-corrected chi connectivity index (χ2v) is 12.3. The molecule has 0 heterocycles. The van der Waals surface area contributed by atoms with Gasteiger partial charge < -0.3 is 15.5 Å². The predicted octanol–water partition coefficient (Wildman–Crippen LogP) is 4.44. The van der Waals surface area contributed by atoms with Crippen molar-refractivity contribution in [2.24, 2.45) is 0 Å². The molecule has 0 aliphatic rings. The molecular weight excluding hydrogens is 464 g/mol. The van der Waals surface area contributed by atoms with Crippen LogP contribution in [0.1, 0.15) is 75.0 Å². The van der Waals surface area contributed by atoms with Crippen LogP contribution in [0.3, 0.4) is 0 Å². The average Bonchev–Trinajstić information content (AvgIpc) is 2.76. The highest BCUT2D eigenvalue weighted by molar-refractivity contribution is 8.00. The Morgan fingerprint density at radius 2 is 1.51 bits per heavy atom. The summed E-state index contributed by atoms with van der Waals surface area (Å²) in [4.78, 5) is 12.1. The number of aliphatic hydroxyl groups excluding tert-OH is 1. The summed E-state index contributed by atoms with van der Waals surface area (Å²) >= 11 is 0. The summed E-state index contributed by atoms with van der Waals surface area (Å²) in [7, 11) is -4.07. The summed E-state index contributed by atoms with van der Waals surface area (Å²) in [6, 6.07) is 10.8. The molecule has 2 aromatic rings. The Morgan fingerprint density at radius 1 is 1.00 bits per heavy atom. The zero-order valence-electron chi connectivity index (χ0n) is 21.1. The van der Waals surface area contributed by atoms with Crippen LogP contribution < -0.4 is 5.32 Å². The van der Waals surface area contributed by atoms with E-state index < -0.39 is 26.6 Å². The van der Waals surface area contributed by atoms with E-state index in [-0.39, 0.29) is 40.7 Å². The first-order valence-corrected chi connectivity index (χ1v) is 12.8. The molecule has 0 bridgehead atoms. The molecule has 0 saturated carbocycles. The molecule has 188 valence electrons. The molecule has 8 heteroatoms. The van der Waals surface area contributed by atoms with Crippen LogP contribution in [0.25, 0.3) is 4.91 Å². The van der Waals surface area contributed by atoms with Crippen LogP contribution in [0.4, 0.5) is 0 Å². The summed E-state index contributed by atoms with van der Waals surface area (Å²) < 4.78 is 27.4. The van der Waals surface area contributed by atoms with Gasteiger partial charge in [0.15, 0.2) is 0 Å². The van der Waals surface area contributed by atoms with E-state index in [9.17, 15) is 23.6 Å². The molecule has 0 spiro atoms. The average molecular weight is 499 g/mol. The van der Waals surface area contributed by atoms with Crippen molar-refractivity contribution in [3.05, 3.63) is 64.7 Å². The van der Waals surface area contributed by atoms with Crippen LogP contribution in [-0.2, 0) is 20.7 Å². The van der Waals surface area contributed by atoms with Gasteiger partial charge >= 0.3 is 0 Å². The maximum atomic E-state index is 13.7. The van der Waals surface area contributed by atoms with Crippen molar-refractivity contribution >= 4 is 20.6 Å². The predicted molar refractivity (Wildman–Crippen MR) is 137 cm³/mol. The Hall–Kier alpha value is -3.15. The number of allylic oxidation sites excluding steroid dienone is 1. The summed E-state index contributed by atoms with van der Waals surface area (Å²) in [5.41, 5.74) is 0.928. The van der Waals surface area contributed by atoms with E-state index in [1.165, 1.54) is 30.3 Å². The third-order valence-corrected chi connectivity index (χ3v) is 7.38. The highest BCUT2D eigenvalue weighted by Crippen LogP contribution is 2.42. The summed E-state index contributed by atoms with van der Waals surface area (Å²) in [6.07, 6.45) is 1.26. The summed E-state index contributed by atoms with van der Waals surface area (Å²) in [6.45, 7) is 11.5. The second kappa shape index (κ2) is 10.6. The molecule has 35 heavy (non-hydrogen) atoms. The topological polar surface area (TPSA) is 127 Å². The van der Waals surface area contributed by atoms with E-state index in [4.69, 9.17) is 5.11 Å². The summed E-state index contributed by atoms with van der Waals surface area (Å²) in [5.74, 6) is -0.296. The van der Waals surface area contributed by atoms with Gasteiger partial charge in [0.05, 0.1) is 28.9 Å². The molecule has 0 aliphatic carbocycles. The third kappa shape index (κ3) is 6.50. The van der Waals surface area contributed by atoms with Crippen molar-refractivity contribution in [1.82, 2.24) is 5.32 Å². The number of amides is 1. The number of nitrogens with one attached hydrogen (secondary N) is 1. The molecule has 0 radical (unpaired) electrons. The first kappa shape index (κ1) is 28.1. The van der Waals surface area contributed by atoms with Crippen molar-refractivity contribution in [3.63, 3.8) is 0 Å². The fourth-order valence-electron chi connectivity index (χ4n) is 3.63. The maximum absolute atomic E-state index is 13.7. The number of phenolic OH excluding ortho intramolecular Hbond substituents is 1. The quantitative estimate of drug-likeness (QED) is 0.518.